The number of thioether (sulfide) groups is 1. The minimum absolute atomic E-state index is 0. The van der Waals surface area contributed by atoms with Crippen molar-refractivity contribution in [1.82, 2.24) is 0 Å². The molecule has 0 radical (unpaired) electrons. The topological polar surface area (TPSA) is 26.3 Å². The van der Waals surface area contributed by atoms with Crippen LogP contribution in [0.2, 0.25) is 18.1 Å². The van der Waals surface area contributed by atoms with Crippen molar-refractivity contribution in [3.8, 4) is 0 Å². The summed E-state index contributed by atoms with van der Waals surface area (Å²) in [7, 11) is -1.83. The van der Waals surface area contributed by atoms with Crippen LogP contribution in [-0.4, -0.2) is 25.5 Å². The van der Waals surface area contributed by atoms with Gasteiger partial charge in [-0.1, -0.05) is 45.9 Å². The van der Waals surface area contributed by atoms with Crippen molar-refractivity contribution in [3.63, 3.8) is 0 Å². The van der Waals surface area contributed by atoms with Crippen LogP contribution in [0.3, 0.4) is 0 Å². The average Bonchev–Trinajstić information content (AvgIpc) is 2.70. The molecule has 2 atom stereocenters. The zero-order valence-electron chi connectivity index (χ0n) is 14.6. The Kier molecular flexibility index (Phi) is 6.71. The monoisotopic (exact) mass is 352 g/mol. The molecule has 0 amide bonds. The highest BCUT2D eigenvalue weighted by atomic mass is 32.2. The van der Waals surface area contributed by atoms with Crippen LogP contribution in [0.5, 0.6) is 0 Å². The maximum absolute atomic E-state index is 12.0. The van der Waals surface area contributed by atoms with Gasteiger partial charge in [0.25, 0.3) is 0 Å². The Labute approximate surface area is 147 Å². The fourth-order valence-corrected chi connectivity index (χ4v) is 5.05. The predicted molar refractivity (Wildman–Crippen MR) is 104 cm³/mol. The fourth-order valence-electron chi connectivity index (χ4n) is 2.38. The van der Waals surface area contributed by atoms with Crippen molar-refractivity contribution >= 4 is 25.9 Å². The highest BCUT2D eigenvalue weighted by Gasteiger charge is 2.43. The normalized spacial score (nSPS) is 22.1. The van der Waals surface area contributed by atoms with Gasteiger partial charge in [0.2, 0.25) is 0 Å². The Balaban J connectivity index is 0.00000264. The number of carbonyl (C=O) groups is 1. The van der Waals surface area contributed by atoms with Crippen LogP contribution in [0.25, 0.3) is 0 Å². The van der Waals surface area contributed by atoms with Crippen LogP contribution < -0.4 is 0 Å². The van der Waals surface area contributed by atoms with E-state index in [1.165, 1.54) is 10.5 Å². The molecule has 0 aliphatic heterocycles. The van der Waals surface area contributed by atoms with Crippen LogP contribution in [0.4, 0.5) is 0 Å². The molecule has 0 spiro atoms. The van der Waals surface area contributed by atoms with Gasteiger partial charge in [-0.2, -0.15) is 0 Å². The van der Waals surface area contributed by atoms with Crippen LogP contribution in [0, 0.1) is 6.92 Å². The number of benzene rings is 1. The number of aryl methyl sites for hydroxylation is 1. The van der Waals surface area contributed by atoms with Crippen LogP contribution in [0.1, 0.15) is 46.6 Å². The third kappa shape index (κ3) is 5.20. The molecule has 0 aromatic heterocycles. The maximum Gasteiger partial charge on any atom is 0.192 e. The first-order valence-electron chi connectivity index (χ1n) is 8.01. The molecular weight excluding hydrogens is 320 g/mol. The van der Waals surface area contributed by atoms with Gasteiger partial charge in [0.15, 0.2) is 8.32 Å². The Hall–Kier alpha value is -0.583. The molecule has 23 heavy (non-hydrogen) atoms. The molecule has 0 N–H and O–H groups in total. The van der Waals surface area contributed by atoms with E-state index in [0.29, 0.717) is 18.6 Å². The van der Waals surface area contributed by atoms with Crippen molar-refractivity contribution in [3.05, 3.63) is 29.8 Å². The molecule has 0 saturated heterocycles. The van der Waals surface area contributed by atoms with Gasteiger partial charge in [-0.3, -0.25) is 4.79 Å². The van der Waals surface area contributed by atoms with Crippen LogP contribution in [0.15, 0.2) is 29.2 Å². The van der Waals surface area contributed by atoms with Crippen molar-refractivity contribution < 1.29 is 9.22 Å². The molecule has 1 aliphatic rings. The summed E-state index contributed by atoms with van der Waals surface area (Å²) in [4.78, 5) is 13.2. The standard InChI is InChI=1S/C18H28O2SSi.CH4/c1-13-7-9-15(10-8-13)21-17-12-14(19)11-16(17)20-22(5,6)18(2,3)4;/h7-10,16-17H,11-12H2,1-6H3;1H4/t16-,17-;/m0./s1. The smallest absolute Gasteiger partial charge is 0.192 e. The molecule has 0 heterocycles. The van der Waals surface area contributed by atoms with Crippen molar-refractivity contribution in [1.29, 1.82) is 0 Å². The number of ketones is 1. The second-order valence-corrected chi connectivity index (χ2v) is 13.9. The largest absolute Gasteiger partial charge is 0.412 e. The van der Waals surface area contributed by atoms with Crippen molar-refractivity contribution in [2.75, 3.05) is 0 Å². The summed E-state index contributed by atoms with van der Waals surface area (Å²) in [6.07, 6.45) is 1.29. The van der Waals surface area contributed by atoms with Gasteiger partial charge in [-0.25, -0.2) is 0 Å². The van der Waals surface area contributed by atoms with Gasteiger partial charge in [-0.05, 0) is 37.2 Å². The summed E-state index contributed by atoms with van der Waals surface area (Å²) >= 11 is 1.80. The summed E-state index contributed by atoms with van der Waals surface area (Å²) in [5.41, 5.74) is 1.26. The Morgan fingerprint density at radius 2 is 1.70 bits per heavy atom. The van der Waals surface area contributed by atoms with E-state index in [1.807, 2.05) is 0 Å². The lowest BCUT2D eigenvalue weighted by Crippen LogP contribution is -2.45. The first-order valence-corrected chi connectivity index (χ1v) is 11.8. The van der Waals surface area contributed by atoms with E-state index < -0.39 is 8.32 Å². The molecule has 2 nitrogen and oxygen atoms in total. The maximum atomic E-state index is 12.0. The lowest BCUT2D eigenvalue weighted by molar-refractivity contribution is -0.117. The Bertz CT molecular complexity index is 531. The third-order valence-corrected chi connectivity index (χ3v) is 10.7. The number of carbonyl (C=O) groups excluding carboxylic acids is 1. The van der Waals surface area contributed by atoms with E-state index in [1.54, 1.807) is 11.8 Å². The Morgan fingerprint density at radius 1 is 1.13 bits per heavy atom. The highest BCUT2D eigenvalue weighted by molar-refractivity contribution is 8.00. The van der Waals surface area contributed by atoms with Crippen molar-refractivity contribution in [2.45, 2.75) is 82.3 Å². The fraction of sp³-hybridized carbons (Fsp3) is 0.632. The first kappa shape index (κ1) is 20.5. The molecule has 1 fully saturated rings. The van der Waals surface area contributed by atoms with E-state index in [2.05, 4.69) is 65.1 Å². The highest BCUT2D eigenvalue weighted by Crippen LogP contribution is 2.42. The lowest BCUT2D eigenvalue weighted by Gasteiger charge is -2.39. The molecule has 0 unspecified atom stereocenters. The lowest BCUT2D eigenvalue weighted by atomic mass is 10.2. The summed E-state index contributed by atoms with van der Waals surface area (Å²) in [5.74, 6) is 0.341. The molecule has 130 valence electrons. The Morgan fingerprint density at radius 3 is 2.22 bits per heavy atom. The average molecular weight is 353 g/mol. The second-order valence-electron chi connectivity index (χ2n) is 7.83. The molecular formula is C19H32O2SSi. The summed E-state index contributed by atoms with van der Waals surface area (Å²) in [6, 6.07) is 8.55. The molecule has 1 aromatic carbocycles. The third-order valence-electron chi connectivity index (χ3n) is 4.83. The molecule has 1 aromatic rings. The van der Waals surface area contributed by atoms with Crippen molar-refractivity contribution in [2.24, 2.45) is 0 Å². The minimum Gasteiger partial charge on any atom is -0.412 e. The molecule has 2 rings (SSSR count). The predicted octanol–water partition coefficient (Wildman–Crippen LogP) is 5.85. The SMILES string of the molecule is C.Cc1ccc(S[C@H]2CC(=O)C[C@@H]2O[Si](C)(C)C(C)(C)C)cc1. The van der Waals surface area contributed by atoms with Gasteiger partial charge in [0.1, 0.15) is 5.78 Å². The second kappa shape index (κ2) is 7.54. The van der Waals surface area contributed by atoms with Crippen LogP contribution >= 0.6 is 11.8 Å². The minimum atomic E-state index is -1.83. The van der Waals surface area contributed by atoms with Gasteiger partial charge in [0, 0.05) is 23.0 Å². The molecule has 4 heteroatoms. The van der Waals surface area contributed by atoms with E-state index >= 15 is 0 Å². The van der Waals surface area contributed by atoms with Gasteiger partial charge < -0.3 is 4.43 Å². The quantitative estimate of drug-likeness (QED) is 0.636. The number of hydrogen-bond donors (Lipinski definition) is 0. The van der Waals surface area contributed by atoms with E-state index in [4.69, 9.17) is 4.43 Å². The first-order chi connectivity index (χ1) is 10.1. The zero-order valence-corrected chi connectivity index (χ0v) is 16.4. The molecule has 0 bridgehead atoms. The van der Waals surface area contributed by atoms with E-state index in [0.717, 1.165) is 0 Å². The van der Waals surface area contributed by atoms with Gasteiger partial charge in [0.05, 0.1) is 6.10 Å². The molecule has 1 saturated carbocycles. The number of hydrogen-bond acceptors (Lipinski definition) is 3. The van der Waals surface area contributed by atoms with Gasteiger partial charge >= 0.3 is 0 Å². The van der Waals surface area contributed by atoms with E-state index in [-0.39, 0.29) is 23.8 Å². The number of rotatable bonds is 4. The van der Waals surface area contributed by atoms with Crippen LogP contribution in [-0.2, 0) is 9.22 Å². The van der Waals surface area contributed by atoms with E-state index in [9.17, 15) is 4.79 Å². The summed E-state index contributed by atoms with van der Waals surface area (Å²) in [5, 5.41) is 0.432. The molecule has 1 aliphatic carbocycles. The number of Topliss-reactive ketones (excluding diaryl/α,β-unsaturated/α-hetero) is 1. The summed E-state index contributed by atoms with van der Waals surface area (Å²) in [6.45, 7) is 13.4. The summed E-state index contributed by atoms with van der Waals surface area (Å²) < 4.78 is 6.54. The zero-order chi connectivity index (χ0) is 16.5. The van der Waals surface area contributed by atoms with Gasteiger partial charge in [-0.15, -0.1) is 11.8 Å².